The number of carbonyl (C=O) groups excluding carboxylic acids is 1. The molecule has 1 fully saturated rings. The van der Waals surface area contributed by atoms with Gasteiger partial charge in [0, 0.05) is 26.1 Å². The van der Waals surface area contributed by atoms with Gasteiger partial charge in [0.1, 0.15) is 6.10 Å². The first-order valence-electron chi connectivity index (χ1n) is 5.16. The largest absolute Gasteiger partial charge is 0.389 e. The van der Waals surface area contributed by atoms with E-state index in [2.05, 4.69) is 10.6 Å². The SMILES string of the molecule is O=C(NCCCC(F)(F)F)C1CNCCO1. The maximum atomic E-state index is 11.8. The van der Waals surface area contributed by atoms with Crippen LogP contribution in [-0.2, 0) is 9.53 Å². The van der Waals surface area contributed by atoms with Crippen molar-refractivity contribution >= 4 is 5.91 Å². The molecule has 0 spiro atoms. The van der Waals surface area contributed by atoms with Gasteiger partial charge in [-0.3, -0.25) is 4.79 Å². The summed E-state index contributed by atoms with van der Waals surface area (Å²) in [7, 11) is 0. The zero-order chi connectivity index (χ0) is 12.0. The number of rotatable bonds is 4. The minimum Gasteiger partial charge on any atom is -0.366 e. The predicted octanol–water partition coefficient (Wildman–Crippen LogP) is 0.433. The van der Waals surface area contributed by atoms with Crippen LogP contribution in [0.1, 0.15) is 12.8 Å². The van der Waals surface area contributed by atoms with Crippen molar-refractivity contribution < 1.29 is 22.7 Å². The quantitative estimate of drug-likeness (QED) is 0.701. The van der Waals surface area contributed by atoms with Crippen LogP contribution in [0.2, 0.25) is 0 Å². The summed E-state index contributed by atoms with van der Waals surface area (Å²) in [6, 6.07) is 0. The highest BCUT2D eigenvalue weighted by molar-refractivity contribution is 5.81. The van der Waals surface area contributed by atoms with Crippen molar-refractivity contribution in [1.82, 2.24) is 10.6 Å². The van der Waals surface area contributed by atoms with E-state index in [1.54, 1.807) is 0 Å². The van der Waals surface area contributed by atoms with Gasteiger partial charge in [-0.25, -0.2) is 0 Å². The minimum atomic E-state index is -4.16. The molecular weight excluding hydrogens is 225 g/mol. The molecule has 0 aromatic heterocycles. The van der Waals surface area contributed by atoms with E-state index in [-0.39, 0.29) is 18.9 Å². The first-order valence-corrected chi connectivity index (χ1v) is 5.16. The molecule has 4 nitrogen and oxygen atoms in total. The lowest BCUT2D eigenvalue weighted by Crippen LogP contribution is -2.48. The van der Waals surface area contributed by atoms with Gasteiger partial charge in [0.2, 0.25) is 5.91 Å². The molecule has 0 aromatic rings. The maximum Gasteiger partial charge on any atom is 0.389 e. The van der Waals surface area contributed by atoms with Crippen molar-refractivity contribution in [3.05, 3.63) is 0 Å². The molecule has 0 aliphatic carbocycles. The summed E-state index contributed by atoms with van der Waals surface area (Å²) in [5.41, 5.74) is 0. The lowest BCUT2D eigenvalue weighted by atomic mass is 10.2. The van der Waals surface area contributed by atoms with Gasteiger partial charge in [0.05, 0.1) is 6.61 Å². The van der Waals surface area contributed by atoms with Crippen LogP contribution in [0.5, 0.6) is 0 Å². The Bertz CT molecular complexity index is 227. The standard InChI is InChI=1S/C9H15F3N2O2/c10-9(11,12)2-1-3-14-8(15)7-6-13-4-5-16-7/h7,13H,1-6H2,(H,14,15). The summed E-state index contributed by atoms with van der Waals surface area (Å²) in [5.74, 6) is -0.352. The van der Waals surface area contributed by atoms with E-state index in [1.165, 1.54) is 0 Å². The zero-order valence-corrected chi connectivity index (χ0v) is 8.77. The monoisotopic (exact) mass is 240 g/mol. The second-order valence-corrected chi connectivity index (χ2v) is 3.57. The Morgan fingerprint density at radius 2 is 2.25 bits per heavy atom. The van der Waals surface area contributed by atoms with Gasteiger partial charge in [-0.05, 0) is 6.42 Å². The van der Waals surface area contributed by atoms with Crippen LogP contribution < -0.4 is 10.6 Å². The Labute approximate surface area is 91.5 Å². The van der Waals surface area contributed by atoms with Crippen LogP contribution >= 0.6 is 0 Å². The summed E-state index contributed by atoms with van der Waals surface area (Å²) in [6.07, 6.45) is -5.72. The van der Waals surface area contributed by atoms with Crippen LogP contribution in [0.15, 0.2) is 0 Å². The third-order valence-electron chi connectivity index (χ3n) is 2.16. The third-order valence-corrected chi connectivity index (χ3v) is 2.16. The van der Waals surface area contributed by atoms with Gasteiger partial charge in [0.25, 0.3) is 0 Å². The van der Waals surface area contributed by atoms with Gasteiger partial charge in [0.15, 0.2) is 0 Å². The molecule has 16 heavy (non-hydrogen) atoms. The topological polar surface area (TPSA) is 50.4 Å². The molecule has 1 rings (SSSR count). The van der Waals surface area contributed by atoms with E-state index in [4.69, 9.17) is 4.74 Å². The van der Waals surface area contributed by atoms with Crippen molar-refractivity contribution in [2.45, 2.75) is 25.1 Å². The molecule has 1 heterocycles. The van der Waals surface area contributed by atoms with Gasteiger partial charge >= 0.3 is 6.18 Å². The lowest BCUT2D eigenvalue weighted by Gasteiger charge is -2.22. The van der Waals surface area contributed by atoms with Crippen LogP contribution in [0.25, 0.3) is 0 Å². The van der Waals surface area contributed by atoms with Crippen LogP contribution in [0.4, 0.5) is 13.2 Å². The Kier molecular flexibility index (Phi) is 5.01. The second kappa shape index (κ2) is 6.05. The fourth-order valence-electron chi connectivity index (χ4n) is 1.35. The number of hydrogen-bond donors (Lipinski definition) is 2. The van der Waals surface area contributed by atoms with Crippen molar-refractivity contribution in [3.63, 3.8) is 0 Å². The van der Waals surface area contributed by atoms with Crippen molar-refractivity contribution in [1.29, 1.82) is 0 Å². The highest BCUT2D eigenvalue weighted by atomic mass is 19.4. The predicted molar refractivity (Wildman–Crippen MR) is 50.9 cm³/mol. The Balaban J connectivity index is 2.10. The van der Waals surface area contributed by atoms with Gasteiger partial charge in [-0.15, -0.1) is 0 Å². The van der Waals surface area contributed by atoms with Crippen molar-refractivity contribution in [2.24, 2.45) is 0 Å². The first kappa shape index (κ1) is 13.2. The van der Waals surface area contributed by atoms with E-state index in [1.807, 2.05) is 0 Å². The molecule has 1 atom stereocenters. The fourth-order valence-corrected chi connectivity index (χ4v) is 1.35. The van der Waals surface area contributed by atoms with E-state index in [0.717, 1.165) is 0 Å². The number of carbonyl (C=O) groups is 1. The number of alkyl halides is 3. The van der Waals surface area contributed by atoms with Gasteiger partial charge < -0.3 is 15.4 Å². The average molecular weight is 240 g/mol. The third kappa shape index (κ3) is 5.32. The van der Waals surface area contributed by atoms with Crippen LogP contribution in [0.3, 0.4) is 0 Å². The molecule has 1 aliphatic rings. The summed E-state index contributed by atoms with van der Waals surface area (Å²) >= 11 is 0. The van der Waals surface area contributed by atoms with Crippen molar-refractivity contribution in [2.75, 3.05) is 26.2 Å². The smallest absolute Gasteiger partial charge is 0.366 e. The normalized spacial score (nSPS) is 21.8. The molecule has 7 heteroatoms. The Hall–Kier alpha value is -0.820. The van der Waals surface area contributed by atoms with Gasteiger partial charge in [-0.1, -0.05) is 0 Å². The van der Waals surface area contributed by atoms with Gasteiger partial charge in [-0.2, -0.15) is 13.2 Å². The number of hydrogen-bond acceptors (Lipinski definition) is 3. The molecule has 0 radical (unpaired) electrons. The van der Waals surface area contributed by atoms with Crippen molar-refractivity contribution in [3.8, 4) is 0 Å². The maximum absolute atomic E-state index is 11.8. The fraction of sp³-hybridized carbons (Fsp3) is 0.889. The van der Waals surface area contributed by atoms with E-state index in [9.17, 15) is 18.0 Å². The summed E-state index contributed by atoms with van der Waals surface area (Å²) in [4.78, 5) is 11.4. The number of nitrogens with one attached hydrogen (secondary N) is 2. The summed E-state index contributed by atoms with van der Waals surface area (Å²) < 4.78 is 40.5. The molecule has 1 amide bonds. The number of ether oxygens (including phenoxy) is 1. The molecule has 1 saturated heterocycles. The molecule has 94 valence electrons. The lowest BCUT2D eigenvalue weighted by molar-refractivity contribution is -0.138. The van der Waals surface area contributed by atoms with E-state index >= 15 is 0 Å². The number of halogens is 3. The zero-order valence-electron chi connectivity index (χ0n) is 8.77. The average Bonchev–Trinajstić information content (AvgIpc) is 2.24. The summed E-state index contributed by atoms with van der Waals surface area (Å²) in [6.45, 7) is 1.57. The van der Waals surface area contributed by atoms with E-state index < -0.39 is 18.7 Å². The molecule has 1 unspecified atom stereocenters. The minimum absolute atomic E-state index is 0.0260. The molecule has 0 aromatic carbocycles. The highest BCUT2D eigenvalue weighted by Crippen LogP contribution is 2.20. The molecule has 1 aliphatic heterocycles. The molecular formula is C9H15F3N2O2. The van der Waals surface area contributed by atoms with Crippen LogP contribution in [-0.4, -0.2) is 44.4 Å². The first-order chi connectivity index (χ1) is 7.49. The Morgan fingerprint density at radius 1 is 1.50 bits per heavy atom. The number of amides is 1. The van der Waals surface area contributed by atoms with Crippen LogP contribution in [0, 0.1) is 0 Å². The summed E-state index contributed by atoms with van der Waals surface area (Å²) in [5, 5.41) is 5.39. The van der Waals surface area contributed by atoms with E-state index in [0.29, 0.717) is 19.7 Å². The molecule has 2 N–H and O–H groups in total. The number of morpholine rings is 1. The highest BCUT2D eigenvalue weighted by Gasteiger charge is 2.26. The Morgan fingerprint density at radius 3 is 2.81 bits per heavy atom. The second-order valence-electron chi connectivity index (χ2n) is 3.57. The molecule has 0 bridgehead atoms. The molecule has 0 saturated carbocycles.